The van der Waals surface area contributed by atoms with E-state index >= 15 is 0 Å². The Labute approximate surface area is 141 Å². The second kappa shape index (κ2) is 7.40. The maximum Gasteiger partial charge on any atom is 0.287 e. The number of aromatic nitrogens is 1. The van der Waals surface area contributed by atoms with Crippen LogP contribution < -0.4 is 5.32 Å². The lowest BCUT2D eigenvalue weighted by molar-refractivity contribution is -0.385. The van der Waals surface area contributed by atoms with Gasteiger partial charge in [-0.25, -0.2) is 4.98 Å². The fraction of sp³-hybridized carbons (Fsp3) is 0.389. The highest BCUT2D eigenvalue weighted by Crippen LogP contribution is 2.19. The van der Waals surface area contributed by atoms with E-state index in [-0.39, 0.29) is 5.69 Å². The van der Waals surface area contributed by atoms with Crippen molar-refractivity contribution in [3.8, 4) is 0 Å². The zero-order chi connectivity index (χ0) is 16.9. The third kappa shape index (κ3) is 4.08. The Morgan fingerprint density at radius 1 is 1.25 bits per heavy atom. The van der Waals surface area contributed by atoms with Crippen LogP contribution in [-0.2, 0) is 6.54 Å². The van der Waals surface area contributed by atoms with Crippen molar-refractivity contribution in [2.24, 2.45) is 0 Å². The minimum absolute atomic E-state index is 0.0219. The molecule has 1 aromatic heterocycles. The molecular weight excluding hydrogens is 304 g/mol. The van der Waals surface area contributed by atoms with Gasteiger partial charge in [0, 0.05) is 31.7 Å². The summed E-state index contributed by atoms with van der Waals surface area (Å²) in [5, 5.41) is 14.0. The highest BCUT2D eigenvalue weighted by molar-refractivity contribution is 5.41. The molecule has 6 heteroatoms. The van der Waals surface area contributed by atoms with Crippen molar-refractivity contribution in [1.29, 1.82) is 0 Å². The Balaban J connectivity index is 1.50. The van der Waals surface area contributed by atoms with Gasteiger partial charge in [0.1, 0.15) is 12.0 Å². The minimum atomic E-state index is -0.430. The molecule has 1 N–H and O–H groups in total. The van der Waals surface area contributed by atoms with Crippen molar-refractivity contribution in [2.45, 2.75) is 32.4 Å². The van der Waals surface area contributed by atoms with Crippen molar-refractivity contribution in [3.05, 3.63) is 63.8 Å². The molecule has 1 saturated heterocycles. The van der Waals surface area contributed by atoms with Crippen molar-refractivity contribution in [1.82, 2.24) is 9.88 Å². The Morgan fingerprint density at radius 3 is 2.62 bits per heavy atom. The van der Waals surface area contributed by atoms with Crippen LogP contribution >= 0.6 is 0 Å². The number of anilines is 1. The van der Waals surface area contributed by atoms with Crippen LogP contribution in [0.1, 0.15) is 24.0 Å². The topological polar surface area (TPSA) is 71.3 Å². The number of hydrogen-bond acceptors (Lipinski definition) is 5. The van der Waals surface area contributed by atoms with Gasteiger partial charge in [0.05, 0.1) is 4.92 Å². The van der Waals surface area contributed by atoms with Crippen LogP contribution in [0, 0.1) is 17.0 Å². The van der Waals surface area contributed by atoms with Gasteiger partial charge in [-0.3, -0.25) is 15.0 Å². The number of nitrogens with one attached hydrogen (secondary N) is 1. The summed E-state index contributed by atoms with van der Waals surface area (Å²) in [5.74, 6) is 0.706. The number of nitro groups is 1. The first-order valence-electron chi connectivity index (χ1n) is 8.25. The number of rotatable bonds is 5. The summed E-state index contributed by atoms with van der Waals surface area (Å²) in [4.78, 5) is 16.8. The molecule has 6 nitrogen and oxygen atoms in total. The highest BCUT2D eigenvalue weighted by atomic mass is 16.6. The van der Waals surface area contributed by atoms with Crippen LogP contribution in [-0.4, -0.2) is 33.9 Å². The van der Waals surface area contributed by atoms with Gasteiger partial charge in [-0.15, -0.1) is 0 Å². The summed E-state index contributed by atoms with van der Waals surface area (Å²) in [6, 6.07) is 12.1. The molecule has 1 fully saturated rings. The molecular formula is C18H22N4O2. The van der Waals surface area contributed by atoms with Crippen molar-refractivity contribution < 1.29 is 4.92 Å². The molecule has 2 aromatic rings. The van der Waals surface area contributed by atoms with Crippen LogP contribution in [0.5, 0.6) is 0 Å². The van der Waals surface area contributed by atoms with E-state index in [1.807, 2.05) is 0 Å². The third-order valence-corrected chi connectivity index (χ3v) is 4.55. The molecule has 1 aliphatic heterocycles. The van der Waals surface area contributed by atoms with Gasteiger partial charge in [0.15, 0.2) is 0 Å². The molecule has 126 valence electrons. The molecule has 0 spiro atoms. The van der Waals surface area contributed by atoms with Gasteiger partial charge in [-0.2, -0.15) is 0 Å². The van der Waals surface area contributed by atoms with Crippen LogP contribution in [0.3, 0.4) is 0 Å². The minimum Gasteiger partial charge on any atom is -0.367 e. The number of benzene rings is 1. The standard InChI is InChI=1S/C18H22N4O2/c1-14-4-2-3-5-15(14)13-21-10-8-16(9-11-21)20-18-7-6-17(12-19-18)22(23)24/h2-7,12,16H,8-11,13H2,1H3,(H,19,20). The number of hydrogen-bond donors (Lipinski definition) is 1. The second-order valence-corrected chi connectivity index (χ2v) is 6.28. The van der Waals surface area contributed by atoms with E-state index in [1.165, 1.54) is 23.4 Å². The van der Waals surface area contributed by atoms with E-state index in [4.69, 9.17) is 0 Å². The first kappa shape index (κ1) is 16.4. The quantitative estimate of drug-likeness (QED) is 0.674. The normalized spacial score (nSPS) is 16.0. The average molecular weight is 326 g/mol. The van der Waals surface area contributed by atoms with Gasteiger partial charge in [0.25, 0.3) is 5.69 Å². The summed E-state index contributed by atoms with van der Waals surface area (Å²) in [5.41, 5.74) is 2.75. The van der Waals surface area contributed by atoms with Gasteiger partial charge in [-0.05, 0) is 37.0 Å². The highest BCUT2D eigenvalue weighted by Gasteiger charge is 2.20. The fourth-order valence-corrected chi connectivity index (χ4v) is 3.05. The predicted octanol–water partition coefficient (Wildman–Crippen LogP) is 3.37. The lowest BCUT2D eigenvalue weighted by Gasteiger charge is -2.32. The number of likely N-dealkylation sites (tertiary alicyclic amines) is 1. The first-order valence-corrected chi connectivity index (χ1v) is 8.25. The van der Waals surface area contributed by atoms with Crippen LogP contribution in [0.25, 0.3) is 0 Å². The molecule has 3 rings (SSSR count). The van der Waals surface area contributed by atoms with Crippen LogP contribution in [0.4, 0.5) is 11.5 Å². The Hall–Kier alpha value is -2.47. The van der Waals surface area contributed by atoms with Crippen molar-refractivity contribution in [3.63, 3.8) is 0 Å². The molecule has 0 bridgehead atoms. The van der Waals surface area contributed by atoms with Gasteiger partial charge >= 0.3 is 0 Å². The molecule has 1 aromatic carbocycles. The maximum atomic E-state index is 10.7. The van der Waals surface area contributed by atoms with E-state index in [2.05, 4.69) is 46.4 Å². The van der Waals surface area contributed by atoms with E-state index < -0.39 is 4.92 Å². The summed E-state index contributed by atoms with van der Waals surface area (Å²) in [7, 11) is 0. The lowest BCUT2D eigenvalue weighted by Crippen LogP contribution is -2.38. The van der Waals surface area contributed by atoms with Gasteiger partial charge < -0.3 is 5.32 Å². The smallest absolute Gasteiger partial charge is 0.287 e. The second-order valence-electron chi connectivity index (χ2n) is 6.28. The van der Waals surface area contributed by atoms with Gasteiger partial charge in [0.2, 0.25) is 0 Å². The first-order chi connectivity index (χ1) is 11.6. The average Bonchev–Trinajstić information content (AvgIpc) is 2.59. The fourth-order valence-electron chi connectivity index (χ4n) is 3.05. The predicted molar refractivity (Wildman–Crippen MR) is 94.0 cm³/mol. The number of aryl methyl sites for hydroxylation is 1. The number of pyridine rings is 1. The SMILES string of the molecule is Cc1ccccc1CN1CCC(Nc2ccc([N+](=O)[O-])cn2)CC1. The molecule has 0 amide bonds. The summed E-state index contributed by atoms with van der Waals surface area (Å²) in [6.07, 6.45) is 3.39. The van der Waals surface area contributed by atoms with Crippen molar-refractivity contribution >= 4 is 11.5 Å². The number of piperidine rings is 1. The molecule has 2 heterocycles. The monoisotopic (exact) mass is 326 g/mol. The molecule has 0 saturated carbocycles. The molecule has 0 unspecified atom stereocenters. The maximum absolute atomic E-state index is 10.7. The summed E-state index contributed by atoms with van der Waals surface area (Å²) < 4.78 is 0. The Kier molecular flexibility index (Phi) is 5.05. The van der Waals surface area contributed by atoms with Crippen molar-refractivity contribution in [2.75, 3.05) is 18.4 Å². The van der Waals surface area contributed by atoms with Gasteiger partial charge in [-0.1, -0.05) is 24.3 Å². The summed E-state index contributed by atoms with van der Waals surface area (Å²) >= 11 is 0. The molecule has 0 aliphatic carbocycles. The Bertz CT molecular complexity index is 694. The molecule has 24 heavy (non-hydrogen) atoms. The lowest BCUT2D eigenvalue weighted by atomic mass is 10.0. The zero-order valence-corrected chi connectivity index (χ0v) is 13.8. The third-order valence-electron chi connectivity index (χ3n) is 4.55. The molecule has 1 aliphatic rings. The molecule has 0 atom stereocenters. The van der Waals surface area contributed by atoms with Crippen LogP contribution in [0.15, 0.2) is 42.6 Å². The van der Waals surface area contributed by atoms with E-state index in [0.717, 1.165) is 32.5 Å². The Morgan fingerprint density at radius 2 is 2.00 bits per heavy atom. The van der Waals surface area contributed by atoms with E-state index in [0.29, 0.717) is 11.9 Å². The van der Waals surface area contributed by atoms with Crippen LogP contribution in [0.2, 0.25) is 0 Å². The van der Waals surface area contributed by atoms with E-state index in [1.54, 1.807) is 6.07 Å². The molecule has 0 radical (unpaired) electrons. The largest absolute Gasteiger partial charge is 0.367 e. The zero-order valence-electron chi connectivity index (χ0n) is 13.8. The summed E-state index contributed by atoms with van der Waals surface area (Å²) in [6.45, 7) is 5.23. The van der Waals surface area contributed by atoms with E-state index in [9.17, 15) is 10.1 Å². The number of nitrogens with zero attached hydrogens (tertiary/aromatic N) is 3.